The molecule has 4 rings (SSSR count). The fourth-order valence-corrected chi connectivity index (χ4v) is 3.92. The zero-order chi connectivity index (χ0) is 24.0. The number of nitrogens with zero attached hydrogens (tertiary/aromatic N) is 3. The van der Waals surface area contributed by atoms with Crippen LogP contribution in [0.5, 0.6) is 0 Å². The van der Waals surface area contributed by atoms with E-state index in [0.717, 1.165) is 6.33 Å². The molecule has 0 aliphatic carbocycles. The Bertz CT molecular complexity index is 1070. The fourth-order valence-electron chi connectivity index (χ4n) is 3.92. The van der Waals surface area contributed by atoms with Gasteiger partial charge in [0.15, 0.2) is 0 Å². The van der Waals surface area contributed by atoms with Crippen LogP contribution in [0.25, 0.3) is 11.4 Å². The molecular formula is C19H16F7N5O2. The molecule has 0 saturated carbocycles. The minimum atomic E-state index is -5.11. The van der Waals surface area contributed by atoms with E-state index in [1.165, 1.54) is 0 Å². The highest BCUT2D eigenvalue weighted by Crippen LogP contribution is 2.46. The first-order valence-electron chi connectivity index (χ1n) is 9.71. The lowest BCUT2D eigenvalue weighted by atomic mass is 9.76. The standard InChI is InChI=1S/C19H16F7N5O2/c20-7-17(1-3-27-4-2-17)11-6-9(18(21,22)23)5-10(30-11)13-12-14(19(24,25)26)33-16(32)31-15(12)29-8-28-13/h5-6,8,14,27H,1-4,7H2,(H,28,29,31,32)/t14-/m1/s1. The lowest BCUT2D eigenvalue weighted by Gasteiger charge is -2.35. The number of carbonyl (C=O) groups is 1. The van der Waals surface area contributed by atoms with Crippen molar-refractivity contribution in [2.75, 3.05) is 25.1 Å². The van der Waals surface area contributed by atoms with E-state index >= 15 is 0 Å². The first-order valence-corrected chi connectivity index (χ1v) is 9.71. The van der Waals surface area contributed by atoms with E-state index in [0.29, 0.717) is 25.2 Å². The quantitative estimate of drug-likeness (QED) is 0.638. The van der Waals surface area contributed by atoms with Crippen molar-refractivity contribution in [3.05, 3.63) is 35.3 Å². The molecule has 0 radical (unpaired) electrons. The Kier molecular flexibility index (Phi) is 5.66. The molecule has 2 aromatic heterocycles. The average molecular weight is 479 g/mol. The maximum Gasteiger partial charge on any atom is 0.430 e. The second-order valence-electron chi connectivity index (χ2n) is 7.72. The Morgan fingerprint density at radius 1 is 1.09 bits per heavy atom. The number of alkyl halides is 7. The van der Waals surface area contributed by atoms with E-state index in [-0.39, 0.29) is 18.5 Å². The summed E-state index contributed by atoms with van der Waals surface area (Å²) < 4.78 is 100. The highest BCUT2D eigenvalue weighted by atomic mass is 19.4. The number of pyridine rings is 1. The van der Waals surface area contributed by atoms with Crippen LogP contribution < -0.4 is 10.6 Å². The van der Waals surface area contributed by atoms with E-state index in [1.807, 2.05) is 5.32 Å². The van der Waals surface area contributed by atoms with Crippen LogP contribution in [0, 0.1) is 0 Å². The predicted octanol–water partition coefficient (Wildman–Crippen LogP) is 4.31. The van der Waals surface area contributed by atoms with Gasteiger partial charge in [0.1, 0.15) is 24.5 Å². The Balaban J connectivity index is 1.95. The predicted molar refractivity (Wildman–Crippen MR) is 98.9 cm³/mol. The van der Waals surface area contributed by atoms with Gasteiger partial charge in [-0.2, -0.15) is 26.3 Å². The van der Waals surface area contributed by atoms with Crippen LogP contribution in [0.4, 0.5) is 41.3 Å². The third-order valence-corrected chi connectivity index (χ3v) is 5.64. The number of ether oxygens (including phenoxy) is 1. The Morgan fingerprint density at radius 2 is 1.79 bits per heavy atom. The lowest BCUT2D eigenvalue weighted by Crippen LogP contribution is -2.42. The van der Waals surface area contributed by atoms with E-state index in [4.69, 9.17) is 0 Å². The molecule has 2 aliphatic rings. The van der Waals surface area contributed by atoms with Crippen LogP contribution in [0.15, 0.2) is 18.5 Å². The summed E-state index contributed by atoms with van der Waals surface area (Å²) in [6.07, 6.45) is -13.2. The van der Waals surface area contributed by atoms with Gasteiger partial charge >= 0.3 is 18.4 Å². The number of cyclic esters (lactones) is 1. The van der Waals surface area contributed by atoms with E-state index in [9.17, 15) is 35.5 Å². The maximum atomic E-state index is 14.1. The van der Waals surface area contributed by atoms with Crippen LogP contribution in [0.3, 0.4) is 0 Å². The van der Waals surface area contributed by atoms with E-state index < -0.39 is 65.0 Å². The summed E-state index contributed by atoms with van der Waals surface area (Å²) in [6.45, 7) is -0.346. The monoisotopic (exact) mass is 479 g/mol. The minimum Gasteiger partial charge on any atom is -0.431 e. The number of halogens is 7. The molecule has 33 heavy (non-hydrogen) atoms. The molecule has 0 unspecified atom stereocenters. The van der Waals surface area contributed by atoms with Crippen LogP contribution >= 0.6 is 0 Å². The molecule has 1 amide bonds. The summed E-state index contributed by atoms with van der Waals surface area (Å²) in [5, 5.41) is 4.97. The number of aromatic nitrogens is 3. The third kappa shape index (κ3) is 4.30. The average Bonchev–Trinajstić information content (AvgIpc) is 2.77. The van der Waals surface area contributed by atoms with Crippen LogP contribution in [0.1, 0.15) is 35.8 Å². The molecule has 4 heterocycles. The molecule has 0 bridgehead atoms. The first kappa shape index (κ1) is 23.1. The molecular weight excluding hydrogens is 463 g/mol. The Morgan fingerprint density at radius 3 is 2.39 bits per heavy atom. The van der Waals surface area contributed by atoms with Gasteiger partial charge in [-0.15, -0.1) is 0 Å². The van der Waals surface area contributed by atoms with E-state index in [2.05, 4.69) is 25.0 Å². The number of fused-ring (bicyclic) bond motifs is 1. The Labute approximate surface area is 181 Å². The van der Waals surface area contributed by atoms with Crippen LogP contribution in [-0.2, 0) is 16.3 Å². The molecule has 1 fully saturated rings. The molecule has 0 spiro atoms. The van der Waals surface area contributed by atoms with E-state index in [1.54, 1.807) is 0 Å². The minimum absolute atomic E-state index is 0.142. The van der Waals surface area contributed by atoms with Crippen molar-refractivity contribution in [1.29, 1.82) is 0 Å². The molecule has 14 heteroatoms. The number of rotatable bonds is 3. The largest absolute Gasteiger partial charge is 0.431 e. The summed E-state index contributed by atoms with van der Waals surface area (Å²) in [5.41, 5.74) is -4.78. The highest BCUT2D eigenvalue weighted by molar-refractivity contribution is 5.88. The van der Waals surface area contributed by atoms with Crippen molar-refractivity contribution >= 4 is 11.9 Å². The van der Waals surface area contributed by atoms with Gasteiger partial charge in [-0.3, -0.25) is 14.7 Å². The van der Waals surface area contributed by atoms with Crippen molar-refractivity contribution in [1.82, 2.24) is 20.3 Å². The Hall–Kier alpha value is -3.03. The lowest BCUT2D eigenvalue weighted by molar-refractivity contribution is -0.206. The van der Waals surface area contributed by atoms with Crippen molar-refractivity contribution in [3.8, 4) is 11.4 Å². The molecule has 1 atom stereocenters. The zero-order valence-electron chi connectivity index (χ0n) is 16.6. The van der Waals surface area contributed by atoms with Gasteiger partial charge in [-0.1, -0.05) is 0 Å². The normalized spacial score (nSPS) is 20.6. The van der Waals surface area contributed by atoms with Crippen molar-refractivity contribution < 1.29 is 40.3 Å². The summed E-state index contributed by atoms with van der Waals surface area (Å²) in [7, 11) is 0. The van der Waals surface area contributed by atoms with Crippen molar-refractivity contribution in [2.24, 2.45) is 0 Å². The first-order chi connectivity index (χ1) is 15.4. The SMILES string of the molecule is O=C1Nc2ncnc(-c3cc(C(F)(F)F)cc(C4(CF)CCNCC4)n3)c2[C@H](C(F)(F)F)O1. The summed E-state index contributed by atoms with van der Waals surface area (Å²) in [4.78, 5) is 23.0. The second kappa shape index (κ2) is 8.08. The summed E-state index contributed by atoms with van der Waals surface area (Å²) in [5.74, 6) is -0.568. The third-order valence-electron chi connectivity index (χ3n) is 5.64. The van der Waals surface area contributed by atoms with Gasteiger partial charge in [0.25, 0.3) is 0 Å². The number of nitrogens with one attached hydrogen (secondary N) is 2. The van der Waals surface area contributed by atoms with Gasteiger partial charge in [0, 0.05) is 5.41 Å². The molecule has 7 nitrogen and oxygen atoms in total. The van der Waals surface area contributed by atoms with Gasteiger partial charge in [-0.25, -0.2) is 14.8 Å². The zero-order valence-corrected chi connectivity index (χ0v) is 16.6. The van der Waals surface area contributed by atoms with Gasteiger partial charge < -0.3 is 10.1 Å². The van der Waals surface area contributed by atoms with Gasteiger partial charge in [0.05, 0.1) is 22.5 Å². The number of hydrogen-bond acceptors (Lipinski definition) is 6. The number of hydrogen-bond donors (Lipinski definition) is 2. The molecule has 2 N–H and O–H groups in total. The molecule has 1 saturated heterocycles. The number of anilines is 1. The van der Waals surface area contributed by atoms with Crippen molar-refractivity contribution in [2.45, 2.75) is 36.7 Å². The molecule has 0 aromatic carbocycles. The molecule has 2 aromatic rings. The molecule has 178 valence electrons. The summed E-state index contributed by atoms with van der Waals surface area (Å²) >= 11 is 0. The fraction of sp³-hybridized carbons (Fsp3) is 0.474. The molecule has 2 aliphatic heterocycles. The van der Waals surface area contributed by atoms with Gasteiger partial charge in [0.2, 0.25) is 6.10 Å². The number of amides is 1. The topological polar surface area (TPSA) is 89.0 Å². The van der Waals surface area contributed by atoms with Crippen molar-refractivity contribution in [3.63, 3.8) is 0 Å². The smallest absolute Gasteiger partial charge is 0.430 e. The summed E-state index contributed by atoms with van der Waals surface area (Å²) in [6, 6.07) is 1.24. The number of carbonyl (C=O) groups excluding carboxylic acids is 1. The second-order valence-corrected chi connectivity index (χ2v) is 7.72. The van der Waals surface area contributed by atoms with Crippen LogP contribution in [-0.4, -0.2) is 47.0 Å². The highest BCUT2D eigenvalue weighted by Gasteiger charge is 2.50. The van der Waals surface area contributed by atoms with Crippen LogP contribution in [0.2, 0.25) is 0 Å². The number of piperidine rings is 1. The maximum absolute atomic E-state index is 14.1. The van der Waals surface area contributed by atoms with Gasteiger partial charge in [-0.05, 0) is 38.1 Å².